The van der Waals surface area contributed by atoms with Crippen LogP contribution in [0, 0.1) is 0 Å². The van der Waals surface area contributed by atoms with Crippen molar-refractivity contribution in [2.75, 3.05) is 13.2 Å². The van der Waals surface area contributed by atoms with Crippen LogP contribution >= 0.6 is 0 Å². The third-order valence-electron chi connectivity index (χ3n) is 2.16. The van der Waals surface area contributed by atoms with Crippen molar-refractivity contribution < 1.29 is 15.0 Å². The van der Waals surface area contributed by atoms with Gasteiger partial charge in [0.25, 0.3) is 0 Å². The van der Waals surface area contributed by atoms with Gasteiger partial charge in [-0.15, -0.1) is 0 Å². The minimum atomic E-state index is -0.286. The first-order valence-corrected chi connectivity index (χ1v) is 5.49. The fourth-order valence-corrected chi connectivity index (χ4v) is 1.45. The molecule has 2 N–H and O–H groups in total. The summed E-state index contributed by atoms with van der Waals surface area (Å²) in [6.45, 7) is 6.72. The highest BCUT2D eigenvalue weighted by Gasteiger charge is 2.25. The fourth-order valence-electron chi connectivity index (χ4n) is 1.45. The topological polar surface area (TPSA) is 60.8 Å². The number of hydrogen-bond donors (Lipinski definition) is 2. The van der Waals surface area contributed by atoms with Crippen molar-refractivity contribution in [1.29, 1.82) is 0 Å². The monoisotopic (exact) mass is 215 g/mol. The summed E-state index contributed by atoms with van der Waals surface area (Å²) in [5.41, 5.74) is 0. The van der Waals surface area contributed by atoms with E-state index in [0.29, 0.717) is 0 Å². The van der Waals surface area contributed by atoms with Crippen molar-refractivity contribution in [2.24, 2.45) is 0 Å². The first-order chi connectivity index (χ1) is 7.19. The quantitative estimate of drug-likeness (QED) is 0.748. The largest absolute Gasteiger partial charge is 0.503 e. The zero-order chi connectivity index (χ0) is 11.8. The number of Topliss-reactive ketones (excluding diaryl/α,β-unsaturated/α-hetero) is 1. The molecule has 0 aromatic rings. The van der Waals surface area contributed by atoms with E-state index in [1.807, 2.05) is 25.7 Å². The molecule has 0 amide bonds. The number of aliphatic hydroxyl groups excluding tert-OH is 2. The molecule has 0 aromatic carbocycles. The lowest BCUT2D eigenvalue weighted by atomic mass is 10.0. The number of allylic oxidation sites excluding steroid dienone is 1. The Hall–Kier alpha value is -1.03. The molecule has 1 aliphatic rings. The molecule has 1 rings (SSSR count). The molecule has 1 unspecified atom stereocenters. The number of carbonyl (C=O) groups excluding carboxylic acids is 1. The second-order valence-electron chi connectivity index (χ2n) is 3.22. The van der Waals surface area contributed by atoms with Gasteiger partial charge in [-0.1, -0.05) is 20.8 Å². The Labute approximate surface area is 91.2 Å². The van der Waals surface area contributed by atoms with Crippen LogP contribution in [0.15, 0.2) is 12.0 Å². The number of aliphatic hydroxyl groups is 2. The number of ketones is 1. The molecule has 4 heteroatoms. The summed E-state index contributed by atoms with van der Waals surface area (Å²) in [6.07, 6.45) is 2.56. The molecule has 88 valence electrons. The van der Waals surface area contributed by atoms with Crippen LogP contribution in [0.3, 0.4) is 0 Å². The molecule has 0 fully saturated rings. The van der Waals surface area contributed by atoms with Gasteiger partial charge in [-0.05, 0) is 6.42 Å². The van der Waals surface area contributed by atoms with Gasteiger partial charge >= 0.3 is 0 Å². The summed E-state index contributed by atoms with van der Waals surface area (Å²) in [7, 11) is 0. The Morgan fingerprint density at radius 1 is 1.53 bits per heavy atom. The van der Waals surface area contributed by atoms with Crippen LogP contribution in [0.2, 0.25) is 0 Å². The SMILES string of the molecule is CC.CCCN1C=C(O)C(=O)CC1CO. The number of carbonyl (C=O) groups is 1. The van der Waals surface area contributed by atoms with Crippen LogP contribution in [0.25, 0.3) is 0 Å². The average Bonchev–Trinajstić information content (AvgIpc) is 2.26. The Bertz CT molecular complexity index is 226. The van der Waals surface area contributed by atoms with Gasteiger partial charge in [-0.2, -0.15) is 0 Å². The van der Waals surface area contributed by atoms with Gasteiger partial charge in [0.05, 0.1) is 12.6 Å². The maximum absolute atomic E-state index is 11.1. The van der Waals surface area contributed by atoms with E-state index >= 15 is 0 Å². The van der Waals surface area contributed by atoms with Gasteiger partial charge in [0.2, 0.25) is 5.78 Å². The van der Waals surface area contributed by atoms with Crippen LogP contribution in [0.5, 0.6) is 0 Å². The van der Waals surface area contributed by atoms with E-state index in [2.05, 4.69) is 0 Å². The summed E-state index contributed by atoms with van der Waals surface area (Å²) in [4.78, 5) is 12.9. The predicted octanol–water partition coefficient (Wildman–Crippen LogP) is 1.46. The Kier molecular flexibility index (Phi) is 6.79. The number of rotatable bonds is 3. The highest BCUT2D eigenvalue weighted by atomic mass is 16.3. The molecule has 1 heterocycles. The second kappa shape index (κ2) is 7.29. The standard InChI is InChI=1S/C9H15NO3.C2H6/c1-2-3-10-5-9(13)8(12)4-7(10)6-11;1-2/h5,7,11,13H,2-4,6H2,1H3;1-2H3. The minimum Gasteiger partial charge on any atom is -0.503 e. The lowest BCUT2D eigenvalue weighted by Gasteiger charge is -2.31. The van der Waals surface area contributed by atoms with Crippen molar-refractivity contribution in [2.45, 2.75) is 39.7 Å². The van der Waals surface area contributed by atoms with Crippen molar-refractivity contribution in [3.63, 3.8) is 0 Å². The highest BCUT2D eigenvalue weighted by molar-refractivity contribution is 5.94. The smallest absolute Gasteiger partial charge is 0.200 e. The normalized spacial score (nSPS) is 20.5. The Morgan fingerprint density at radius 3 is 2.60 bits per heavy atom. The summed E-state index contributed by atoms with van der Waals surface area (Å²) in [5.74, 6) is -0.482. The van der Waals surface area contributed by atoms with Crippen molar-refractivity contribution in [3.8, 4) is 0 Å². The van der Waals surface area contributed by atoms with Crippen molar-refractivity contribution >= 4 is 5.78 Å². The molecule has 0 saturated carbocycles. The maximum Gasteiger partial charge on any atom is 0.200 e. The molecule has 1 atom stereocenters. The third kappa shape index (κ3) is 3.91. The highest BCUT2D eigenvalue weighted by Crippen LogP contribution is 2.15. The van der Waals surface area contributed by atoms with E-state index in [-0.39, 0.29) is 30.6 Å². The zero-order valence-corrected chi connectivity index (χ0v) is 9.73. The lowest BCUT2D eigenvalue weighted by Crippen LogP contribution is -2.40. The minimum absolute atomic E-state index is 0.0461. The van der Waals surface area contributed by atoms with Crippen LogP contribution < -0.4 is 0 Å². The first-order valence-electron chi connectivity index (χ1n) is 5.49. The molecular weight excluding hydrogens is 194 g/mol. The molecule has 0 aliphatic carbocycles. The Morgan fingerprint density at radius 2 is 2.13 bits per heavy atom. The second-order valence-corrected chi connectivity index (χ2v) is 3.22. The van der Waals surface area contributed by atoms with Gasteiger partial charge in [-0.3, -0.25) is 4.79 Å². The molecule has 15 heavy (non-hydrogen) atoms. The van der Waals surface area contributed by atoms with E-state index in [1.54, 1.807) is 0 Å². The number of nitrogens with zero attached hydrogens (tertiary/aromatic N) is 1. The van der Waals surface area contributed by atoms with E-state index in [4.69, 9.17) is 5.11 Å². The average molecular weight is 215 g/mol. The van der Waals surface area contributed by atoms with Gasteiger partial charge in [0, 0.05) is 19.2 Å². The van der Waals surface area contributed by atoms with Crippen LogP contribution in [-0.2, 0) is 4.79 Å². The van der Waals surface area contributed by atoms with Crippen molar-refractivity contribution in [3.05, 3.63) is 12.0 Å². The van der Waals surface area contributed by atoms with Crippen LogP contribution in [-0.4, -0.2) is 40.1 Å². The van der Waals surface area contributed by atoms with E-state index in [0.717, 1.165) is 13.0 Å². The van der Waals surface area contributed by atoms with Crippen molar-refractivity contribution in [1.82, 2.24) is 4.90 Å². The lowest BCUT2D eigenvalue weighted by molar-refractivity contribution is -0.120. The molecule has 0 spiro atoms. The zero-order valence-electron chi connectivity index (χ0n) is 9.73. The van der Waals surface area contributed by atoms with E-state index < -0.39 is 0 Å². The summed E-state index contributed by atoms with van der Waals surface area (Å²) >= 11 is 0. The maximum atomic E-state index is 11.1. The molecule has 0 aromatic heterocycles. The van der Waals surface area contributed by atoms with Gasteiger partial charge < -0.3 is 15.1 Å². The molecule has 0 saturated heterocycles. The van der Waals surface area contributed by atoms with Crippen LogP contribution in [0.1, 0.15) is 33.6 Å². The Balaban J connectivity index is 0.000000921. The molecule has 4 nitrogen and oxygen atoms in total. The predicted molar refractivity (Wildman–Crippen MR) is 59.6 cm³/mol. The summed E-state index contributed by atoms with van der Waals surface area (Å²) in [6, 6.07) is -0.164. The summed E-state index contributed by atoms with van der Waals surface area (Å²) in [5, 5.41) is 18.2. The van der Waals surface area contributed by atoms with E-state index in [9.17, 15) is 9.90 Å². The van der Waals surface area contributed by atoms with Crippen LogP contribution in [0.4, 0.5) is 0 Å². The summed E-state index contributed by atoms with van der Waals surface area (Å²) < 4.78 is 0. The van der Waals surface area contributed by atoms with Gasteiger partial charge in [0.1, 0.15) is 0 Å². The molecular formula is C11H21NO3. The first kappa shape index (κ1) is 14.0. The van der Waals surface area contributed by atoms with Gasteiger partial charge in [-0.25, -0.2) is 0 Å². The third-order valence-corrected chi connectivity index (χ3v) is 2.16. The van der Waals surface area contributed by atoms with E-state index in [1.165, 1.54) is 6.20 Å². The van der Waals surface area contributed by atoms with Gasteiger partial charge in [0.15, 0.2) is 5.76 Å². The molecule has 0 radical (unpaired) electrons. The molecule has 0 bridgehead atoms. The number of hydrogen-bond acceptors (Lipinski definition) is 4. The molecule has 1 aliphatic heterocycles. The fraction of sp³-hybridized carbons (Fsp3) is 0.727.